The second kappa shape index (κ2) is 7.16. The number of fused-ring (bicyclic) bond motifs is 1. The summed E-state index contributed by atoms with van der Waals surface area (Å²) >= 11 is 0. The van der Waals surface area contributed by atoms with Crippen LogP contribution >= 0.6 is 0 Å². The number of rotatable bonds is 7. The van der Waals surface area contributed by atoms with Crippen molar-refractivity contribution in [3.63, 3.8) is 0 Å². The molecule has 0 spiro atoms. The van der Waals surface area contributed by atoms with E-state index in [1.807, 2.05) is 12.1 Å². The monoisotopic (exact) mass is 302 g/mol. The highest BCUT2D eigenvalue weighted by Gasteiger charge is 2.17. The maximum atomic E-state index is 11.3. The molecule has 0 heterocycles. The highest BCUT2D eigenvalue weighted by molar-refractivity contribution is 6.03. The van der Waals surface area contributed by atoms with E-state index in [0.717, 1.165) is 36.6 Å². The Bertz CT molecular complexity index is 676. The molecule has 2 aromatic carbocycles. The van der Waals surface area contributed by atoms with Crippen LogP contribution in [0.5, 0.6) is 11.5 Å². The average Bonchev–Trinajstić information content (AvgIpc) is 2.52. The summed E-state index contributed by atoms with van der Waals surface area (Å²) in [7, 11) is 0. The Labute approximate surface area is 130 Å². The van der Waals surface area contributed by atoms with Crippen molar-refractivity contribution in [2.45, 2.75) is 39.5 Å². The highest BCUT2D eigenvalue weighted by atomic mass is 16.5. The van der Waals surface area contributed by atoms with E-state index in [2.05, 4.69) is 13.8 Å². The summed E-state index contributed by atoms with van der Waals surface area (Å²) in [6, 6.07) is 7.03. The molecule has 0 atom stereocenters. The van der Waals surface area contributed by atoms with E-state index >= 15 is 0 Å². The Hall–Kier alpha value is -2.23. The summed E-state index contributed by atoms with van der Waals surface area (Å²) in [5, 5.41) is 20.7. The van der Waals surface area contributed by atoms with Crippen molar-refractivity contribution < 1.29 is 19.7 Å². The standard InChI is InChI=1S/C18H22O4/c1-3-5-6-9-22-16-11-15(18(20)21)17(19)13-8-7-12(4-2)10-14(13)16/h7-8,10-11,19H,3-6,9H2,1-2H3,(H,20,21). The number of unbranched alkanes of at least 4 members (excludes halogenated alkanes) is 2. The zero-order chi connectivity index (χ0) is 16.1. The van der Waals surface area contributed by atoms with E-state index < -0.39 is 5.97 Å². The first-order chi connectivity index (χ1) is 10.6. The Morgan fingerprint density at radius 1 is 1.14 bits per heavy atom. The predicted octanol–water partition coefficient (Wildman–Crippen LogP) is 4.38. The first-order valence-electron chi connectivity index (χ1n) is 7.73. The van der Waals surface area contributed by atoms with Crippen LogP contribution in [0.2, 0.25) is 0 Å². The number of carboxylic acids is 1. The molecule has 2 N–H and O–H groups in total. The number of hydrogen-bond acceptors (Lipinski definition) is 3. The number of hydrogen-bond donors (Lipinski definition) is 2. The quantitative estimate of drug-likeness (QED) is 0.745. The molecule has 2 aromatic rings. The van der Waals surface area contributed by atoms with Crippen LogP contribution in [0.4, 0.5) is 0 Å². The maximum absolute atomic E-state index is 11.3. The summed E-state index contributed by atoms with van der Waals surface area (Å²) in [6.07, 6.45) is 3.96. The minimum absolute atomic E-state index is 0.123. The van der Waals surface area contributed by atoms with Gasteiger partial charge >= 0.3 is 5.97 Å². The number of carboxylic acid groups (broad SMARTS) is 1. The van der Waals surface area contributed by atoms with Crippen LogP contribution < -0.4 is 4.74 Å². The van der Waals surface area contributed by atoms with Gasteiger partial charge in [-0.2, -0.15) is 0 Å². The zero-order valence-electron chi connectivity index (χ0n) is 13.1. The number of aromatic carboxylic acids is 1. The SMILES string of the molecule is CCCCCOc1cc(C(=O)O)c(O)c2ccc(CC)cc12. The van der Waals surface area contributed by atoms with Crippen molar-refractivity contribution in [3.8, 4) is 11.5 Å². The van der Waals surface area contributed by atoms with Crippen molar-refractivity contribution in [1.82, 2.24) is 0 Å². The van der Waals surface area contributed by atoms with Gasteiger partial charge in [-0.05, 0) is 30.5 Å². The molecule has 4 heteroatoms. The molecule has 0 aliphatic carbocycles. The van der Waals surface area contributed by atoms with E-state index in [0.29, 0.717) is 17.7 Å². The van der Waals surface area contributed by atoms with Gasteiger partial charge in [0.2, 0.25) is 0 Å². The minimum atomic E-state index is -1.16. The fraction of sp³-hybridized carbons (Fsp3) is 0.389. The highest BCUT2D eigenvalue weighted by Crippen LogP contribution is 2.37. The molecule has 118 valence electrons. The Kier molecular flexibility index (Phi) is 5.26. The summed E-state index contributed by atoms with van der Waals surface area (Å²) in [5.74, 6) is -0.833. The van der Waals surface area contributed by atoms with E-state index in [1.54, 1.807) is 6.07 Å². The first kappa shape index (κ1) is 16.1. The van der Waals surface area contributed by atoms with Crippen LogP contribution in [-0.4, -0.2) is 22.8 Å². The maximum Gasteiger partial charge on any atom is 0.339 e. The molecule has 0 bridgehead atoms. The molecule has 2 rings (SSSR count). The third-order valence-corrected chi connectivity index (χ3v) is 3.78. The molecule has 0 radical (unpaired) electrons. The third-order valence-electron chi connectivity index (χ3n) is 3.78. The van der Waals surface area contributed by atoms with Crippen molar-refractivity contribution in [2.75, 3.05) is 6.61 Å². The van der Waals surface area contributed by atoms with Crippen molar-refractivity contribution in [3.05, 3.63) is 35.4 Å². The topological polar surface area (TPSA) is 66.8 Å². The van der Waals surface area contributed by atoms with Crippen LogP contribution in [-0.2, 0) is 6.42 Å². The van der Waals surface area contributed by atoms with Gasteiger partial charge in [0.25, 0.3) is 0 Å². The number of phenols is 1. The van der Waals surface area contributed by atoms with Crippen LogP contribution in [0.15, 0.2) is 24.3 Å². The molecule has 0 aliphatic heterocycles. The molecule has 4 nitrogen and oxygen atoms in total. The van der Waals surface area contributed by atoms with Gasteiger partial charge < -0.3 is 14.9 Å². The third kappa shape index (κ3) is 3.32. The molecule has 0 saturated heterocycles. The zero-order valence-corrected chi connectivity index (χ0v) is 13.1. The summed E-state index contributed by atoms with van der Waals surface area (Å²) in [4.78, 5) is 11.3. The summed E-state index contributed by atoms with van der Waals surface area (Å²) in [6.45, 7) is 4.71. The lowest BCUT2D eigenvalue weighted by Gasteiger charge is -2.13. The fourth-order valence-electron chi connectivity index (χ4n) is 2.46. The Morgan fingerprint density at radius 2 is 1.91 bits per heavy atom. The summed E-state index contributed by atoms with van der Waals surface area (Å²) in [5.41, 5.74) is 0.996. The lowest BCUT2D eigenvalue weighted by molar-refractivity contribution is 0.0693. The van der Waals surface area contributed by atoms with Gasteiger partial charge in [0.1, 0.15) is 17.1 Å². The molecule has 22 heavy (non-hydrogen) atoms. The molecule has 0 amide bonds. The molecule has 0 saturated carbocycles. The lowest BCUT2D eigenvalue weighted by atomic mass is 10.0. The lowest BCUT2D eigenvalue weighted by Crippen LogP contribution is -2.02. The van der Waals surface area contributed by atoms with E-state index in [-0.39, 0.29) is 11.3 Å². The summed E-state index contributed by atoms with van der Waals surface area (Å²) < 4.78 is 5.79. The molecule has 0 aliphatic rings. The van der Waals surface area contributed by atoms with Crippen LogP contribution in [0.1, 0.15) is 49.0 Å². The number of ether oxygens (including phenoxy) is 1. The normalized spacial score (nSPS) is 10.8. The van der Waals surface area contributed by atoms with Crippen molar-refractivity contribution in [1.29, 1.82) is 0 Å². The van der Waals surface area contributed by atoms with Crippen LogP contribution in [0, 0.1) is 0 Å². The number of aryl methyl sites for hydroxylation is 1. The van der Waals surface area contributed by atoms with Gasteiger partial charge in [-0.3, -0.25) is 0 Å². The molecule has 0 unspecified atom stereocenters. The van der Waals surface area contributed by atoms with Gasteiger partial charge in [-0.1, -0.05) is 38.8 Å². The van der Waals surface area contributed by atoms with E-state index in [9.17, 15) is 15.0 Å². The van der Waals surface area contributed by atoms with Crippen LogP contribution in [0.3, 0.4) is 0 Å². The first-order valence-corrected chi connectivity index (χ1v) is 7.73. The Morgan fingerprint density at radius 3 is 2.55 bits per heavy atom. The second-order valence-electron chi connectivity index (χ2n) is 5.37. The van der Waals surface area contributed by atoms with Crippen LogP contribution in [0.25, 0.3) is 10.8 Å². The Balaban J connectivity index is 2.49. The number of benzene rings is 2. The molecular formula is C18H22O4. The number of carbonyl (C=O) groups is 1. The molecule has 0 fully saturated rings. The van der Waals surface area contributed by atoms with Crippen molar-refractivity contribution >= 4 is 16.7 Å². The number of aromatic hydroxyl groups is 1. The van der Waals surface area contributed by atoms with Gasteiger partial charge in [0.05, 0.1) is 6.61 Å². The minimum Gasteiger partial charge on any atom is -0.506 e. The fourth-order valence-corrected chi connectivity index (χ4v) is 2.46. The second-order valence-corrected chi connectivity index (χ2v) is 5.37. The van der Waals surface area contributed by atoms with E-state index in [4.69, 9.17) is 4.74 Å². The molecular weight excluding hydrogens is 280 g/mol. The van der Waals surface area contributed by atoms with E-state index in [1.165, 1.54) is 6.07 Å². The van der Waals surface area contributed by atoms with Crippen molar-refractivity contribution in [2.24, 2.45) is 0 Å². The van der Waals surface area contributed by atoms with Gasteiger partial charge in [-0.25, -0.2) is 4.79 Å². The van der Waals surface area contributed by atoms with Gasteiger partial charge in [0, 0.05) is 10.8 Å². The largest absolute Gasteiger partial charge is 0.506 e. The average molecular weight is 302 g/mol. The smallest absolute Gasteiger partial charge is 0.339 e. The predicted molar refractivity (Wildman–Crippen MR) is 87.0 cm³/mol. The van der Waals surface area contributed by atoms with Gasteiger partial charge in [-0.15, -0.1) is 0 Å². The van der Waals surface area contributed by atoms with Gasteiger partial charge in [0.15, 0.2) is 0 Å². The molecule has 0 aromatic heterocycles.